The molecule has 0 saturated carbocycles. The van der Waals surface area contributed by atoms with Gasteiger partial charge < -0.3 is 9.47 Å². The van der Waals surface area contributed by atoms with E-state index in [4.69, 9.17) is 9.47 Å². The van der Waals surface area contributed by atoms with E-state index < -0.39 is 29.4 Å². The van der Waals surface area contributed by atoms with Crippen LogP contribution >= 0.6 is 0 Å². The molecule has 30 heavy (non-hydrogen) atoms. The minimum Gasteiger partial charge on any atom is -0.460 e. The number of halogens is 6. The number of rotatable bonds is 4. The van der Waals surface area contributed by atoms with Crippen molar-refractivity contribution < 1.29 is 35.8 Å². The molecule has 2 nitrogen and oxygen atoms in total. The maximum atomic E-state index is 13.3. The molecule has 0 heterocycles. The molecular formula is C22H18F6O2. The molecule has 0 N–H and O–H groups in total. The highest BCUT2D eigenvalue weighted by Gasteiger charge is 2.38. The molecule has 0 amide bonds. The van der Waals surface area contributed by atoms with Crippen molar-refractivity contribution in [2.24, 2.45) is 5.92 Å². The van der Waals surface area contributed by atoms with E-state index in [0.29, 0.717) is 11.1 Å². The zero-order valence-corrected chi connectivity index (χ0v) is 16.3. The highest BCUT2D eigenvalue weighted by atomic mass is 19.4. The summed E-state index contributed by atoms with van der Waals surface area (Å²) in [6, 6.07) is 9.52. The van der Waals surface area contributed by atoms with Gasteiger partial charge in [-0.1, -0.05) is 31.2 Å². The summed E-state index contributed by atoms with van der Waals surface area (Å²) in [5.74, 6) is -0.888. The minimum atomic E-state index is -4.61. The predicted molar refractivity (Wildman–Crippen MR) is 98.7 cm³/mol. The lowest BCUT2D eigenvalue weighted by Gasteiger charge is -2.17. The Kier molecular flexibility index (Phi) is 5.62. The fourth-order valence-corrected chi connectivity index (χ4v) is 3.26. The third-order valence-electron chi connectivity index (χ3n) is 4.93. The molecule has 1 aliphatic carbocycles. The highest BCUT2D eigenvalue weighted by Crippen LogP contribution is 2.44. The number of allylic oxidation sites excluding steroid dienone is 2. The van der Waals surface area contributed by atoms with Crippen LogP contribution in [-0.2, 0) is 12.4 Å². The Morgan fingerprint density at radius 2 is 1.13 bits per heavy atom. The highest BCUT2D eigenvalue weighted by molar-refractivity contribution is 5.48. The monoisotopic (exact) mass is 428 g/mol. The summed E-state index contributed by atoms with van der Waals surface area (Å²) in [5.41, 5.74) is -0.979. The number of benzene rings is 2. The van der Waals surface area contributed by atoms with Crippen molar-refractivity contribution in [2.45, 2.75) is 33.1 Å². The van der Waals surface area contributed by atoms with Gasteiger partial charge in [-0.15, -0.1) is 0 Å². The van der Waals surface area contributed by atoms with Gasteiger partial charge >= 0.3 is 12.4 Å². The van der Waals surface area contributed by atoms with Gasteiger partial charge in [-0.2, -0.15) is 26.3 Å². The Morgan fingerprint density at radius 3 is 1.60 bits per heavy atom. The summed E-state index contributed by atoms with van der Waals surface area (Å²) in [6.45, 7) is 4.88. The Hall–Kier alpha value is -2.90. The Labute approximate surface area is 169 Å². The smallest absolute Gasteiger partial charge is 0.419 e. The second-order valence-corrected chi connectivity index (χ2v) is 6.92. The molecule has 0 aromatic heterocycles. The van der Waals surface area contributed by atoms with Crippen LogP contribution in [0, 0.1) is 5.92 Å². The number of hydrogen-bond acceptors (Lipinski definition) is 2. The van der Waals surface area contributed by atoms with E-state index >= 15 is 0 Å². The molecule has 3 rings (SSSR count). The molecule has 0 bridgehead atoms. The van der Waals surface area contributed by atoms with Crippen LogP contribution < -0.4 is 9.47 Å². The van der Waals surface area contributed by atoms with Crippen molar-refractivity contribution in [3.8, 4) is 11.5 Å². The zero-order valence-electron chi connectivity index (χ0n) is 16.3. The maximum absolute atomic E-state index is 13.3. The van der Waals surface area contributed by atoms with Gasteiger partial charge in [-0.05, 0) is 43.7 Å². The largest absolute Gasteiger partial charge is 0.460 e. The molecule has 0 fully saturated rings. The summed E-state index contributed by atoms with van der Waals surface area (Å²) in [5, 5.41) is 0. The molecule has 8 heteroatoms. The van der Waals surface area contributed by atoms with Gasteiger partial charge in [0.05, 0.1) is 11.1 Å². The molecule has 0 spiro atoms. The van der Waals surface area contributed by atoms with E-state index in [2.05, 4.69) is 0 Å². The fraction of sp³-hybridized carbons (Fsp3) is 0.273. The van der Waals surface area contributed by atoms with Crippen LogP contribution in [0.15, 0.2) is 71.2 Å². The zero-order chi connectivity index (χ0) is 22.3. The van der Waals surface area contributed by atoms with Crippen molar-refractivity contribution in [2.75, 3.05) is 0 Å². The molecule has 2 aromatic rings. The number of ether oxygens (including phenoxy) is 2. The van der Waals surface area contributed by atoms with Crippen molar-refractivity contribution in [1.82, 2.24) is 0 Å². The van der Waals surface area contributed by atoms with Crippen LogP contribution in [0.5, 0.6) is 11.5 Å². The van der Waals surface area contributed by atoms with Crippen LogP contribution in [0.1, 0.15) is 31.9 Å². The SMILES string of the molecule is CC1=C(Oc2ccccc2C(F)(F)F)C(C)C(C)=C1Oc1ccccc1C(F)(F)F. The lowest BCUT2D eigenvalue weighted by atomic mass is 10.1. The van der Waals surface area contributed by atoms with E-state index in [1.165, 1.54) is 36.4 Å². The van der Waals surface area contributed by atoms with Gasteiger partial charge in [0.1, 0.15) is 23.0 Å². The van der Waals surface area contributed by atoms with E-state index in [1.54, 1.807) is 20.8 Å². The lowest BCUT2D eigenvalue weighted by molar-refractivity contribution is -0.139. The van der Waals surface area contributed by atoms with Gasteiger partial charge in [-0.3, -0.25) is 0 Å². The minimum absolute atomic E-state index is 0.152. The second kappa shape index (κ2) is 7.74. The molecule has 0 aliphatic heterocycles. The van der Waals surface area contributed by atoms with Crippen molar-refractivity contribution in [3.63, 3.8) is 0 Å². The molecule has 0 radical (unpaired) electrons. The van der Waals surface area contributed by atoms with Crippen LogP contribution in [0.2, 0.25) is 0 Å². The van der Waals surface area contributed by atoms with Gasteiger partial charge in [0, 0.05) is 11.5 Å². The fourth-order valence-electron chi connectivity index (χ4n) is 3.26. The standard InChI is InChI=1S/C22H18F6O2/c1-12-13(2)20(30-18-11-7-5-9-16(18)22(26,27)28)14(3)19(12)29-17-10-6-4-8-15(17)21(23,24)25/h4-12H,1-3H3. The summed E-state index contributed by atoms with van der Waals surface area (Å²) in [6.07, 6.45) is -9.22. The van der Waals surface area contributed by atoms with E-state index in [1.807, 2.05) is 0 Å². The molecule has 1 atom stereocenters. The van der Waals surface area contributed by atoms with Gasteiger partial charge in [0.25, 0.3) is 0 Å². The predicted octanol–water partition coefficient (Wildman–Crippen LogP) is 7.38. The summed E-state index contributed by atoms with van der Waals surface area (Å²) in [4.78, 5) is 0. The van der Waals surface area contributed by atoms with Gasteiger partial charge in [-0.25, -0.2) is 0 Å². The van der Waals surface area contributed by atoms with Crippen molar-refractivity contribution in [3.05, 3.63) is 82.3 Å². The van der Waals surface area contributed by atoms with E-state index in [0.717, 1.165) is 12.1 Å². The number of para-hydroxylation sites is 2. The molecule has 0 saturated heterocycles. The first-order valence-electron chi connectivity index (χ1n) is 9.01. The average Bonchev–Trinajstić information content (AvgIpc) is 2.85. The first-order valence-corrected chi connectivity index (χ1v) is 9.01. The second-order valence-electron chi connectivity index (χ2n) is 6.92. The summed E-state index contributed by atoms with van der Waals surface area (Å²) in [7, 11) is 0. The molecule has 2 aromatic carbocycles. The topological polar surface area (TPSA) is 18.5 Å². The van der Waals surface area contributed by atoms with Crippen LogP contribution in [0.3, 0.4) is 0 Å². The Balaban J connectivity index is 1.97. The summed E-state index contributed by atoms with van der Waals surface area (Å²) < 4.78 is 90.9. The quantitative estimate of drug-likeness (QED) is 0.473. The molecular weight excluding hydrogens is 410 g/mol. The third-order valence-corrected chi connectivity index (χ3v) is 4.93. The Morgan fingerprint density at radius 1 is 0.700 bits per heavy atom. The first-order chi connectivity index (χ1) is 13.9. The molecule has 1 unspecified atom stereocenters. The average molecular weight is 428 g/mol. The van der Waals surface area contributed by atoms with Crippen LogP contribution in [-0.4, -0.2) is 0 Å². The number of hydrogen-bond donors (Lipinski definition) is 0. The molecule has 1 aliphatic rings. The van der Waals surface area contributed by atoms with E-state index in [-0.39, 0.29) is 23.0 Å². The van der Waals surface area contributed by atoms with Gasteiger partial charge in [0.2, 0.25) is 0 Å². The van der Waals surface area contributed by atoms with Crippen molar-refractivity contribution in [1.29, 1.82) is 0 Å². The van der Waals surface area contributed by atoms with Crippen LogP contribution in [0.25, 0.3) is 0 Å². The van der Waals surface area contributed by atoms with E-state index in [9.17, 15) is 26.3 Å². The maximum Gasteiger partial charge on any atom is 0.419 e. The molecule has 160 valence electrons. The van der Waals surface area contributed by atoms with Crippen LogP contribution in [0.4, 0.5) is 26.3 Å². The summed E-state index contributed by atoms with van der Waals surface area (Å²) >= 11 is 0. The third kappa shape index (κ3) is 4.17. The normalized spacial score (nSPS) is 17.6. The first kappa shape index (κ1) is 21.8. The number of alkyl halides is 6. The lowest BCUT2D eigenvalue weighted by Crippen LogP contribution is -2.11. The Bertz CT molecular complexity index is 1010. The van der Waals surface area contributed by atoms with Crippen molar-refractivity contribution >= 4 is 0 Å². The van der Waals surface area contributed by atoms with Gasteiger partial charge in [0.15, 0.2) is 0 Å².